The van der Waals surface area contributed by atoms with E-state index in [1.165, 1.54) is 19.7 Å². The number of benzene rings is 1. The van der Waals surface area contributed by atoms with Crippen molar-refractivity contribution in [1.29, 1.82) is 5.26 Å². The van der Waals surface area contributed by atoms with E-state index in [0.717, 1.165) is 25.1 Å². The number of piperidine rings is 1. The molecule has 1 aromatic carbocycles. The van der Waals surface area contributed by atoms with E-state index >= 15 is 0 Å². The molecule has 0 aliphatic carbocycles. The molecule has 1 atom stereocenters. The Morgan fingerprint density at radius 2 is 2.19 bits per heavy atom. The van der Waals surface area contributed by atoms with Crippen LogP contribution in [-0.4, -0.2) is 30.2 Å². The predicted octanol–water partition coefficient (Wildman–Crippen LogP) is 3.75. The molecule has 0 saturated carbocycles. The Hall–Kier alpha value is -2.65. The Morgan fingerprint density at radius 3 is 2.81 bits per heavy atom. The lowest BCUT2D eigenvalue weighted by molar-refractivity contribution is 0.0593. The van der Waals surface area contributed by atoms with Gasteiger partial charge >= 0.3 is 5.97 Å². The van der Waals surface area contributed by atoms with Gasteiger partial charge in [-0.25, -0.2) is 4.79 Å². The third kappa shape index (κ3) is 3.11. The molecule has 0 spiro atoms. The number of esters is 1. The maximum atomic E-state index is 12.1. The molecule has 1 unspecified atom stereocenters. The number of hydrogen-bond acceptors (Lipinski definition) is 5. The van der Waals surface area contributed by atoms with Crippen LogP contribution in [0.15, 0.2) is 24.4 Å². The molecule has 1 aromatic heterocycles. The molecule has 26 heavy (non-hydrogen) atoms. The molecule has 1 fully saturated rings. The van der Waals surface area contributed by atoms with E-state index in [0.29, 0.717) is 16.8 Å². The summed E-state index contributed by atoms with van der Waals surface area (Å²) in [6, 6.07) is 8.03. The van der Waals surface area contributed by atoms with Gasteiger partial charge in [0.2, 0.25) is 0 Å². The van der Waals surface area contributed by atoms with E-state index in [2.05, 4.69) is 11.8 Å². The van der Waals surface area contributed by atoms with Crippen LogP contribution in [0.3, 0.4) is 0 Å². The Kier molecular flexibility index (Phi) is 5.10. The number of methoxy groups -OCH3 is 1. The first-order chi connectivity index (χ1) is 12.5. The predicted molar refractivity (Wildman–Crippen MR) is 102 cm³/mol. The fraction of sp³-hybridized carbons (Fsp3) is 0.368. The van der Waals surface area contributed by atoms with Crippen LogP contribution < -0.4 is 10.6 Å². The van der Waals surface area contributed by atoms with Gasteiger partial charge in [-0.3, -0.25) is 0 Å². The van der Waals surface area contributed by atoms with Crippen LogP contribution in [0.1, 0.15) is 42.2 Å². The summed E-state index contributed by atoms with van der Waals surface area (Å²) < 4.78 is 6.36. The van der Waals surface area contributed by atoms with E-state index in [9.17, 15) is 10.1 Å². The van der Waals surface area contributed by atoms with Crippen molar-refractivity contribution in [2.45, 2.75) is 32.2 Å². The highest BCUT2D eigenvalue weighted by atomic mass is 35.5. The number of carbonyl (C=O) groups excluding carboxylic acids is 1. The molecule has 0 amide bonds. The highest BCUT2D eigenvalue weighted by molar-refractivity contribution is 6.33. The summed E-state index contributed by atoms with van der Waals surface area (Å²) in [5, 5.41) is 9.82. The summed E-state index contributed by atoms with van der Waals surface area (Å²) in [5.41, 5.74) is 8.01. The molecule has 2 aromatic rings. The number of ether oxygens (including phenoxy) is 1. The lowest BCUT2D eigenvalue weighted by atomic mass is 10.0. The summed E-state index contributed by atoms with van der Waals surface area (Å²) in [6.07, 6.45) is 5.05. The van der Waals surface area contributed by atoms with Crippen molar-refractivity contribution in [1.82, 2.24) is 4.57 Å². The Bertz CT molecular complexity index is 884. The van der Waals surface area contributed by atoms with Crippen LogP contribution >= 0.6 is 11.6 Å². The molecule has 1 aliphatic heterocycles. The molecule has 1 aliphatic rings. The van der Waals surface area contributed by atoms with E-state index in [1.807, 2.05) is 18.2 Å². The largest absolute Gasteiger partial charge is 0.464 e. The van der Waals surface area contributed by atoms with Crippen molar-refractivity contribution < 1.29 is 9.53 Å². The Labute approximate surface area is 157 Å². The lowest BCUT2D eigenvalue weighted by Crippen LogP contribution is -2.37. The van der Waals surface area contributed by atoms with Gasteiger partial charge in [-0.15, -0.1) is 0 Å². The maximum absolute atomic E-state index is 12.1. The topological polar surface area (TPSA) is 84.3 Å². The van der Waals surface area contributed by atoms with Gasteiger partial charge in [-0.1, -0.05) is 11.6 Å². The van der Waals surface area contributed by atoms with Crippen molar-refractivity contribution in [2.75, 3.05) is 24.3 Å². The number of nitrogens with zero attached hydrogens (tertiary/aromatic N) is 3. The van der Waals surface area contributed by atoms with Crippen LogP contribution in [0.2, 0.25) is 5.02 Å². The maximum Gasteiger partial charge on any atom is 0.357 e. The number of nitrogens with two attached hydrogens (primary N) is 1. The van der Waals surface area contributed by atoms with Crippen LogP contribution in [0.4, 0.5) is 11.4 Å². The van der Waals surface area contributed by atoms with Gasteiger partial charge < -0.3 is 19.9 Å². The number of halogens is 1. The molecule has 3 rings (SSSR count). The fourth-order valence-electron chi connectivity index (χ4n) is 3.45. The highest BCUT2D eigenvalue weighted by Gasteiger charge is 2.24. The molecule has 2 N–H and O–H groups in total. The van der Waals surface area contributed by atoms with Crippen molar-refractivity contribution in [3.05, 3.63) is 40.7 Å². The average Bonchev–Trinajstić information content (AvgIpc) is 2.98. The minimum Gasteiger partial charge on any atom is -0.464 e. The summed E-state index contributed by atoms with van der Waals surface area (Å²) >= 11 is 6.56. The lowest BCUT2D eigenvalue weighted by Gasteiger charge is -2.36. The van der Waals surface area contributed by atoms with Gasteiger partial charge in [-0.05, 0) is 44.4 Å². The standard InChI is InChI=1S/C19H21ClN4O2/c1-12-5-3-4-8-23(12)16-7-6-14(9-15(16)20)24-11-13(10-21)17(22)18(24)19(25)26-2/h6-7,9,11-12H,3-5,8,22H2,1-2H3. The molecule has 136 valence electrons. The van der Waals surface area contributed by atoms with Crippen molar-refractivity contribution in [3.63, 3.8) is 0 Å². The van der Waals surface area contributed by atoms with Crippen molar-refractivity contribution in [3.8, 4) is 11.8 Å². The average molecular weight is 373 g/mol. The zero-order chi connectivity index (χ0) is 18.8. The minimum absolute atomic E-state index is 0.101. The Balaban J connectivity index is 2.05. The van der Waals surface area contributed by atoms with Crippen LogP contribution in [0.25, 0.3) is 5.69 Å². The van der Waals surface area contributed by atoms with Gasteiger partial charge in [0, 0.05) is 24.5 Å². The molecule has 2 heterocycles. The molecule has 0 radical (unpaired) electrons. The molecule has 1 saturated heterocycles. The van der Waals surface area contributed by atoms with E-state index in [4.69, 9.17) is 22.1 Å². The van der Waals surface area contributed by atoms with Gasteiger partial charge in [0.05, 0.1) is 29.1 Å². The molecule has 6 nitrogen and oxygen atoms in total. The number of anilines is 2. The van der Waals surface area contributed by atoms with E-state index < -0.39 is 5.97 Å². The zero-order valence-electron chi connectivity index (χ0n) is 14.8. The second-order valence-corrected chi connectivity index (χ2v) is 6.86. The van der Waals surface area contributed by atoms with Gasteiger partial charge in [0.15, 0.2) is 5.69 Å². The first-order valence-corrected chi connectivity index (χ1v) is 8.91. The van der Waals surface area contributed by atoms with Crippen LogP contribution in [0, 0.1) is 11.3 Å². The first-order valence-electron chi connectivity index (χ1n) is 8.53. The number of nitrogen functional groups attached to an aromatic ring is 1. The minimum atomic E-state index is -0.603. The highest BCUT2D eigenvalue weighted by Crippen LogP contribution is 2.34. The van der Waals surface area contributed by atoms with Crippen molar-refractivity contribution in [2.24, 2.45) is 0 Å². The second-order valence-electron chi connectivity index (χ2n) is 6.45. The van der Waals surface area contributed by atoms with Gasteiger partial charge in [0.25, 0.3) is 0 Å². The fourth-order valence-corrected chi connectivity index (χ4v) is 3.74. The first kappa shape index (κ1) is 18.2. The third-order valence-electron chi connectivity index (χ3n) is 4.87. The number of rotatable bonds is 3. The van der Waals surface area contributed by atoms with Gasteiger partial charge in [-0.2, -0.15) is 5.26 Å². The van der Waals surface area contributed by atoms with Crippen LogP contribution in [-0.2, 0) is 4.74 Å². The quantitative estimate of drug-likeness (QED) is 0.829. The number of carbonyl (C=O) groups is 1. The smallest absolute Gasteiger partial charge is 0.357 e. The van der Waals surface area contributed by atoms with Gasteiger partial charge in [0.1, 0.15) is 6.07 Å². The normalized spacial score (nSPS) is 17.0. The van der Waals surface area contributed by atoms with Crippen molar-refractivity contribution >= 4 is 28.9 Å². The summed E-state index contributed by atoms with van der Waals surface area (Å²) in [7, 11) is 1.28. The molecular formula is C19H21ClN4O2. The number of hydrogen-bond donors (Lipinski definition) is 1. The number of aromatic nitrogens is 1. The SMILES string of the molecule is COC(=O)c1c(N)c(C#N)cn1-c1ccc(N2CCCCC2C)c(Cl)c1. The Morgan fingerprint density at radius 1 is 1.42 bits per heavy atom. The molecule has 0 bridgehead atoms. The molecular weight excluding hydrogens is 352 g/mol. The number of nitriles is 1. The third-order valence-corrected chi connectivity index (χ3v) is 5.17. The van der Waals surface area contributed by atoms with E-state index in [1.54, 1.807) is 10.6 Å². The zero-order valence-corrected chi connectivity index (χ0v) is 15.6. The summed E-state index contributed by atoms with van der Waals surface area (Å²) in [4.78, 5) is 14.4. The summed E-state index contributed by atoms with van der Waals surface area (Å²) in [6.45, 7) is 3.17. The van der Waals surface area contributed by atoms with Crippen LogP contribution in [0.5, 0.6) is 0 Å². The summed E-state index contributed by atoms with van der Waals surface area (Å²) in [5.74, 6) is -0.603. The monoisotopic (exact) mass is 372 g/mol. The second kappa shape index (κ2) is 7.30. The molecule has 7 heteroatoms. The van der Waals surface area contributed by atoms with E-state index in [-0.39, 0.29) is 16.9 Å².